The molecule has 0 saturated carbocycles. The van der Waals surface area contributed by atoms with Gasteiger partial charge in [-0.05, 0) is 6.42 Å². The Kier molecular flexibility index (Phi) is 10.3. The van der Waals surface area contributed by atoms with Gasteiger partial charge >= 0.3 is 0 Å². The van der Waals surface area contributed by atoms with Gasteiger partial charge in [-0.15, -0.1) is 0 Å². The van der Waals surface area contributed by atoms with E-state index in [1.165, 1.54) is 25.7 Å². The third-order valence-electron chi connectivity index (χ3n) is 3.97. The van der Waals surface area contributed by atoms with Gasteiger partial charge in [-0.1, -0.05) is 45.4 Å². The molecule has 1 heterocycles. The number of ketones is 1. The van der Waals surface area contributed by atoms with Crippen LogP contribution in [-0.2, 0) is 19.1 Å². The highest BCUT2D eigenvalue weighted by atomic mass is 16.6. The topological polar surface area (TPSA) is 108 Å². The van der Waals surface area contributed by atoms with E-state index in [-0.39, 0.29) is 18.2 Å². The van der Waals surface area contributed by atoms with Crippen LogP contribution >= 0.6 is 0 Å². The molecular formula is C17H30N2O5. The van der Waals surface area contributed by atoms with Crippen LogP contribution in [0.2, 0.25) is 0 Å². The van der Waals surface area contributed by atoms with Gasteiger partial charge < -0.3 is 20.5 Å². The van der Waals surface area contributed by atoms with Crippen molar-refractivity contribution in [3.63, 3.8) is 0 Å². The Morgan fingerprint density at radius 3 is 2.33 bits per heavy atom. The molecule has 0 radical (unpaired) electrons. The summed E-state index contributed by atoms with van der Waals surface area (Å²) < 4.78 is 4.82. The molecular weight excluding hydrogens is 312 g/mol. The summed E-state index contributed by atoms with van der Waals surface area (Å²) in [5.41, 5.74) is 0. The molecule has 0 bridgehead atoms. The highest BCUT2D eigenvalue weighted by molar-refractivity contribution is 5.93. The second-order valence-corrected chi connectivity index (χ2v) is 6.18. The van der Waals surface area contributed by atoms with Gasteiger partial charge in [0.15, 0.2) is 5.78 Å². The largest absolute Gasteiger partial charge is 0.394 e. The number of carbonyl (C=O) groups excluding carboxylic acids is 3. The molecule has 2 amide bonds. The molecule has 0 aromatic heterocycles. The zero-order valence-corrected chi connectivity index (χ0v) is 14.5. The smallest absolute Gasteiger partial charge is 0.245 e. The van der Waals surface area contributed by atoms with Gasteiger partial charge in [-0.2, -0.15) is 0 Å². The van der Waals surface area contributed by atoms with Crippen LogP contribution in [0.25, 0.3) is 0 Å². The van der Waals surface area contributed by atoms with Crippen molar-refractivity contribution in [2.24, 2.45) is 0 Å². The minimum atomic E-state index is -1.02. The van der Waals surface area contributed by atoms with E-state index in [1.807, 2.05) is 0 Å². The summed E-state index contributed by atoms with van der Waals surface area (Å²) in [6, 6.07) is -1.02. The number of ether oxygens (including phenoxy) is 1. The van der Waals surface area contributed by atoms with Gasteiger partial charge in [0.1, 0.15) is 12.1 Å². The van der Waals surface area contributed by atoms with E-state index in [1.54, 1.807) is 0 Å². The van der Waals surface area contributed by atoms with Crippen molar-refractivity contribution in [1.82, 2.24) is 10.6 Å². The predicted octanol–water partition coefficient (Wildman–Crippen LogP) is 0.688. The van der Waals surface area contributed by atoms with Gasteiger partial charge in [-0.3, -0.25) is 14.4 Å². The highest BCUT2D eigenvalue weighted by Crippen LogP contribution is 2.09. The van der Waals surface area contributed by atoms with Gasteiger partial charge in [0.2, 0.25) is 11.8 Å². The highest BCUT2D eigenvalue weighted by Gasteiger charge is 2.31. The molecule has 2 unspecified atom stereocenters. The average molecular weight is 342 g/mol. The van der Waals surface area contributed by atoms with Crippen LogP contribution in [0.4, 0.5) is 0 Å². The Morgan fingerprint density at radius 2 is 1.75 bits per heavy atom. The van der Waals surface area contributed by atoms with Crippen LogP contribution in [-0.4, -0.2) is 54.6 Å². The normalized spacial score (nSPS) is 17.2. The number of carbonyl (C=O) groups is 3. The number of hydrogen-bond acceptors (Lipinski definition) is 5. The monoisotopic (exact) mass is 342 g/mol. The Morgan fingerprint density at radius 1 is 1.12 bits per heavy atom. The van der Waals surface area contributed by atoms with Crippen molar-refractivity contribution in [2.75, 3.05) is 19.8 Å². The molecule has 138 valence electrons. The van der Waals surface area contributed by atoms with Crippen molar-refractivity contribution < 1.29 is 24.2 Å². The van der Waals surface area contributed by atoms with E-state index in [4.69, 9.17) is 4.74 Å². The number of epoxide rings is 1. The minimum absolute atomic E-state index is 0.145. The van der Waals surface area contributed by atoms with Crippen molar-refractivity contribution in [3.05, 3.63) is 0 Å². The molecule has 1 saturated heterocycles. The summed E-state index contributed by atoms with van der Waals surface area (Å²) in [5, 5.41) is 14.2. The standard InChI is InChI=1S/C17H30N2O5/c1-2-3-4-5-6-7-8-9-16(22)19-13(11-20)17(23)18-10-14(21)15-12-24-15/h13,15,20H,2-12H2,1H3,(H,18,23)(H,19,22). The molecule has 0 aromatic carbocycles. The van der Waals surface area contributed by atoms with E-state index < -0.39 is 24.7 Å². The van der Waals surface area contributed by atoms with Crippen molar-refractivity contribution >= 4 is 17.6 Å². The predicted molar refractivity (Wildman–Crippen MR) is 89.4 cm³/mol. The molecule has 1 fully saturated rings. The molecule has 0 aromatic rings. The molecule has 2 atom stereocenters. The number of nitrogens with one attached hydrogen (secondary N) is 2. The summed E-state index contributed by atoms with van der Waals surface area (Å²) in [7, 11) is 0. The molecule has 7 heteroatoms. The maximum atomic E-state index is 11.9. The summed E-state index contributed by atoms with van der Waals surface area (Å²) in [4.78, 5) is 35.1. The number of aliphatic hydroxyl groups is 1. The van der Waals surface area contributed by atoms with Gasteiger partial charge in [0, 0.05) is 6.42 Å². The Balaban J connectivity index is 2.12. The number of Topliss-reactive ketones (excluding diaryl/α,β-unsaturated/α-hetero) is 1. The van der Waals surface area contributed by atoms with Crippen LogP contribution in [0.15, 0.2) is 0 Å². The van der Waals surface area contributed by atoms with E-state index >= 15 is 0 Å². The lowest BCUT2D eigenvalue weighted by molar-refractivity contribution is -0.131. The first kappa shape index (κ1) is 20.6. The maximum Gasteiger partial charge on any atom is 0.245 e. The van der Waals surface area contributed by atoms with Gasteiger partial charge in [0.05, 0.1) is 19.8 Å². The lowest BCUT2D eigenvalue weighted by Crippen LogP contribution is -2.50. The molecule has 1 rings (SSSR count). The van der Waals surface area contributed by atoms with E-state index in [0.29, 0.717) is 13.0 Å². The second kappa shape index (κ2) is 12.0. The quantitative estimate of drug-likeness (QED) is 0.318. The number of hydrogen-bond donors (Lipinski definition) is 3. The fourth-order valence-corrected chi connectivity index (χ4v) is 2.35. The third kappa shape index (κ3) is 8.98. The summed E-state index contributed by atoms with van der Waals surface area (Å²) in [6.45, 7) is 1.93. The molecule has 1 aliphatic rings. The molecule has 24 heavy (non-hydrogen) atoms. The SMILES string of the molecule is CCCCCCCCCC(=O)NC(CO)C(=O)NCC(=O)C1CO1. The fourth-order valence-electron chi connectivity index (χ4n) is 2.35. The number of unbranched alkanes of at least 4 members (excludes halogenated alkanes) is 6. The summed E-state index contributed by atoms with van der Waals surface area (Å²) in [5.74, 6) is -1.01. The molecule has 7 nitrogen and oxygen atoms in total. The van der Waals surface area contributed by atoms with Gasteiger partial charge in [0.25, 0.3) is 0 Å². The Bertz CT molecular complexity index is 410. The first-order valence-electron chi connectivity index (χ1n) is 8.90. The number of aliphatic hydroxyl groups excluding tert-OH is 1. The van der Waals surface area contributed by atoms with E-state index in [0.717, 1.165) is 19.3 Å². The molecule has 1 aliphatic heterocycles. The molecule has 0 spiro atoms. The maximum absolute atomic E-state index is 11.9. The summed E-state index contributed by atoms with van der Waals surface area (Å²) in [6.07, 6.45) is 7.70. The van der Waals surface area contributed by atoms with E-state index in [2.05, 4.69) is 17.6 Å². The van der Waals surface area contributed by atoms with Crippen LogP contribution in [0.3, 0.4) is 0 Å². The number of amides is 2. The first-order chi connectivity index (χ1) is 11.6. The van der Waals surface area contributed by atoms with Crippen LogP contribution < -0.4 is 10.6 Å². The zero-order valence-electron chi connectivity index (χ0n) is 14.5. The number of rotatable bonds is 14. The van der Waals surface area contributed by atoms with Crippen LogP contribution in [0.1, 0.15) is 58.3 Å². The average Bonchev–Trinajstić information content (AvgIpc) is 3.41. The van der Waals surface area contributed by atoms with Crippen LogP contribution in [0, 0.1) is 0 Å². The van der Waals surface area contributed by atoms with Crippen LogP contribution in [0.5, 0.6) is 0 Å². The first-order valence-corrected chi connectivity index (χ1v) is 8.90. The Labute approximate surface area is 143 Å². The lowest BCUT2D eigenvalue weighted by Gasteiger charge is -2.15. The van der Waals surface area contributed by atoms with Crippen molar-refractivity contribution in [3.8, 4) is 0 Å². The fraction of sp³-hybridized carbons (Fsp3) is 0.824. The van der Waals surface area contributed by atoms with E-state index in [9.17, 15) is 19.5 Å². The zero-order chi connectivity index (χ0) is 17.8. The Hall–Kier alpha value is -1.47. The molecule has 3 N–H and O–H groups in total. The van der Waals surface area contributed by atoms with Gasteiger partial charge in [-0.25, -0.2) is 0 Å². The third-order valence-corrected chi connectivity index (χ3v) is 3.97. The lowest BCUT2D eigenvalue weighted by atomic mass is 10.1. The molecule has 0 aliphatic carbocycles. The second-order valence-electron chi connectivity index (χ2n) is 6.18. The van der Waals surface area contributed by atoms with Crippen molar-refractivity contribution in [1.29, 1.82) is 0 Å². The minimum Gasteiger partial charge on any atom is -0.394 e. The summed E-state index contributed by atoms with van der Waals surface area (Å²) >= 11 is 0. The van der Waals surface area contributed by atoms with Crippen molar-refractivity contribution in [2.45, 2.75) is 70.4 Å².